The van der Waals surface area contributed by atoms with Gasteiger partial charge in [-0.3, -0.25) is 5.32 Å². The number of nitrogens with zero attached hydrogens (tertiary/aromatic N) is 3. The molecule has 0 aliphatic carbocycles. The van der Waals surface area contributed by atoms with Crippen LogP contribution in [0.1, 0.15) is 0 Å². The molecule has 2 aliphatic heterocycles. The molecule has 194 valence electrons. The molecule has 1 aromatic heterocycles. The number of aromatic nitrogens is 2. The molecular weight excluding hydrogens is 482 g/mol. The number of amides is 1. The Bertz CT molecular complexity index is 1440. The molecule has 4 atom stereocenters. The maximum atomic E-state index is 12.7. The zero-order valence-electron chi connectivity index (χ0n) is 21.2. The van der Waals surface area contributed by atoms with Gasteiger partial charge in [0, 0.05) is 36.9 Å². The van der Waals surface area contributed by atoms with E-state index in [2.05, 4.69) is 32.7 Å². The topological polar surface area (TPSA) is 97.8 Å². The number of anilines is 3. The molecule has 4 unspecified atom stereocenters. The molecule has 2 saturated heterocycles. The number of carbonyl (C=O) groups excluding carboxylic acids is 1. The normalized spacial score (nSPS) is 22.2. The summed E-state index contributed by atoms with van der Waals surface area (Å²) in [6.45, 7) is 0.654. The fourth-order valence-corrected chi connectivity index (χ4v) is 4.99. The van der Waals surface area contributed by atoms with E-state index in [1.54, 1.807) is 6.20 Å². The first-order chi connectivity index (χ1) is 18.5. The fourth-order valence-electron chi connectivity index (χ4n) is 4.99. The summed E-state index contributed by atoms with van der Waals surface area (Å²) in [5, 5.41) is 8.20. The zero-order chi connectivity index (χ0) is 26.1. The largest absolute Gasteiger partial charge is 0.441 e. The summed E-state index contributed by atoms with van der Waals surface area (Å²) in [4.78, 5) is 23.9. The lowest BCUT2D eigenvalue weighted by Crippen LogP contribution is -2.38. The zero-order valence-corrected chi connectivity index (χ0v) is 21.2. The standard InChI is InChI=1S/C29H29N5O4/c1-34(2)20-12-10-19(11-13-20)22-14-15-30-28(31-22)32-24-16-36-27-25(17-37-26(24)27)38-29(35)33-23-9-5-7-18-6-3-4-8-21(18)23/h3-15,24-27H,16-17H2,1-2H3,(H,33,35)(H,30,31,32). The third kappa shape index (κ3) is 4.85. The lowest BCUT2D eigenvalue weighted by atomic mass is 10.1. The number of fused-ring (bicyclic) bond motifs is 2. The summed E-state index contributed by atoms with van der Waals surface area (Å²) in [5.41, 5.74) is 3.64. The van der Waals surface area contributed by atoms with Crippen LogP contribution in [0.3, 0.4) is 0 Å². The van der Waals surface area contributed by atoms with E-state index >= 15 is 0 Å². The summed E-state index contributed by atoms with van der Waals surface area (Å²) in [6.07, 6.45) is 0.0392. The van der Waals surface area contributed by atoms with Crippen molar-refractivity contribution in [2.45, 2.75) is 24.4 Å². The van der Waals surface area contributed by atoms with E-state index in [0.717, 1.165) is 27.7 Å². The molecule has 0 radical (unpaired) electrons. The Balaban J connectivity index is 1.08. The molecule has 3 aromatic carbocycles. The van der Waals surface area contributed by atoms with Crippen molar-refractivity contribution in [3.05, 3.63) is 79.0 Å². The maximum Gasteiger partial charge on any atom is 0.412 e. The van der Waals surface area contributed by atoms with Crippen molar-refractivity contribution in [1.29, 1.82) is 0 Å². The van der Waals surface area contributed by atoms with Crippen molar-refractivity contribution in [3.63, 3.8) is 0 Å². The average molecular weight is 512 g/mol. The highest BCUT2D eigenvalue weighted by Crippen LogP contribution is 2.31. The summed E-state index contributed by atoms with van der Waals surface area (Å²) in [7, 11) is 4.02. The molecule has 38 heavy (non-hydrogen) atoms. The number of hydrogen-bond donors (Lipinski definition) is 2. The molecule has 0 spiro atoms. The van der Waals surface area contributed by atoms with Gasteiger partial charge in [-0.1, -0.05) is 48.5 Å². The minimum absolute atomic E-state index is 0.166. The lowest BCUT2D eigenvalue weighted by molar-refractivity contribution is 0.00917. The van der Waals surface area contributed by atoms with E-state index < -0.39 is 12.2 Å². The van der Waals surface area contributed by atoms with Gasteiger partial charge < -0.3 is 24.4 Å². The van der Waals surface area contributed by atoms with Crippen LogP contribution in [0.2, 0.25) is 0 Å². The van der Waals surface area contributed by atoms with Crippen LogP contribution in [0.15, 0.2) is 79.0 Å². The van der Waals surface area contributed by atoms with Crippen LogP contribution < -0.4 is 15.5 Å². The molecule has 9 heteroatoms. The van der Waals surface area contributed by atoms with Crippen LogP contribution >= 0.6 is 0 Å². The molecule has 2 N–H and O–H groups in total. The van der Waals surface area contributed by atoms with Gasteiger partial charge in [-0.2, -0.15) is 0 Å². The van der Waals surface area contributed by atoms with Crippen LogP contribution in [0.25, 0.3) is 22.0 Å². The molecule has 2 aliphatic rings. The summed E-state index contributed by atoms with van der Waals surface area (Å²) in [5.74, 6) is 0.495. The Morgan fingerprint density at radius 2 is 1.74 bits per heavy atom. The third-order valence-electron chi connectivity index (χ3n) is 6.94. The number of hydrogen-bond acceptors (Lipinski definition) is 8. The Kier molecular flexibility index (Phi) is 6.53. The Labute approximate surface area is 220 Å². The Morgan fingerprint density at radius 3 is 2.58 bits per heavy atom. The second-order valence-corrected chi connectivity index (χ2v) is 9.65. The van der Waals surface area contributed by atoms with Gasteiger partial charge >= 0.3 is 6.09 Å². The quantitative estimate of drug-likeness (QED) is 0.389. The first-order valence-electron chi connectivity index (χ1n) is 12.6. The summed E-state index contributed by atoms with van der Waals surface area (Å²) in [6, 6.07) is 23.5. The van der Waals surface area contributed by atoms with Gasteiger partial charge in [0.05, 0.1) is 30.6 Å². The van der Waals surface area contributed by atoms with Gasteiger partial charge in [-0.05, 0) is 29.7 Å². The van der Waals surface area contributed by atoms with Crippen molar-refractivity contribution < 1.29 is 19.0 Å². The van der Waals surface area contributed by atoms with Gasteiger partial charge in [0.15, 0.2) is 6.10 Å². The highest BCUT2D eigenvalue weighted by atomic mass is 16.6. The minimum atomic E-state index is -0.535. The van der Waals surface area contributed by atoms with Crippen LogP contribution in [0.5, 0.6) is 0 Å². The molecule has 1 amide bonds. The minimum Gasteiger partial charge on any atom is -0.441 e. The molecule has 0 bridgehead atoms. The molecule has 4 aromatic rings. The average Bonchev–Trinajstić information content (AvgIpc) is 3.52. The SMILES string of the molecule is CN(C)c1ccc(-c2ccnc(NC3COC4C(OC(=O)Nc5cccc6ccccc56)COC34)n2)cc1. The van der Waals surface area contributed by atoms with Crippen molar-refractivity contribution in [2.75, 3.05) is 42.8 Å². The maximum absolute atomic E-state index is 12.7. The van der Waals surface area contributed by atoms with E-state index in [1.165, 1.54) is 0 Å². The van der Waals surface area contributed by atoms with E-state index in [-0.39, 0.29) is 24.9 Å². The number of nitrogens with one attached hydrogen (secondary N) is 2. The van der Waals surface area contributed by atoms with Gasteiger partial charge in [0.25, 0.3) is 0 Å². The van der Waals surface area contributed by atoms with Crippen molar-refractivity contribution in [1.82, 2.24) is 9.97 Å². The van der Waals surface area contributed by atoms with Crippen LogP contribution in [-0.4, -0.2) is 67.7 Å². The second-order valence-electron chi connectivity index (χ2n) is 9.65. The predicted octanol–water partition coefficient (Wildman–Crippen LogP) is 4.56. The van der Waals surface area contributed by atoms with E-state index in [4.69, 9.17) is 19.2 Å². The summed E-state index contributed by atoms with van der Waals surface area (Å²) >= 11 is 0. The second kappa shape index (κ2) is 10.3. The molecule has 2 fully saturated rings. The highest BCUT2D eigenvalue weighted by molar-refractivity contribution is 6.00. The van der Waals surface area contributed by atoms with Crippen molar-refractivity contribution in [3.8, 4) is 11.3 Å². The highest BCUT2D eigenvalue weighted by Gasteiger charge is 2.49. The first kappa shape index (κ1) is 24.1. The molecule has 3 heterocycles. The van der Waals surface area contributed by atoms with Crippen LogP contribution in [-0.2, 0) is 14.2 Å². The molecular formula is C29H29N5O4. The number of benzene rings is 3. The molecule has 9 nitrogen and oxygen atoms in total. The summed E-state index contributed by atoms with van der Waals surface area (Å²) < 4.78 is 17.7. The lowest BCUT2D eigenvalue weighted by Gasteiger charge is -2.18. The number of carbonyl (C=O) groups is 1. The monoisotopic (exact) mass is 511 g/mol. The van der Waals surface area contributed by atoms with E-state index in [9.17, 15) is 4.79 Å². The van der Waals surface area contributed by atoms with Gasteiger partial charge in [0.1, 0.15) is 12.2 Å². The smallest absolute Gasteiger partial charge is 0.412 e. The number of ether oxygens (including phenoxy) is 3. The van der Waals surface area contributed by atoms with Gasteiger partial charge in [-0.15, -0.1) is 0 Å². The van der Waals surface area contributed by atoms with E-state index in [0.29, 0.717) is 18.2 Å². The van der Waals surface area contributed by atoms with Gasteiger partial charge in [0.2, 0.25) is 5.95 Å². The molecule has 6 rings (SSSR count). The van der Waals surface area contributed by atoms with Crippen LogP contribution in [0.4, 0.5) is 22.1 Å². The van der Waals surface area contributed by atoms with E-state index in [1.807, 2.05) is 74.8 Å². The Hall–Kier alpha value is -4.21. The molecule has 0 saturated carbocycles. The van der Waals surface area contributed by atoms with Crippen molar-refractivity contribution >= 4 is 34.2 Å². The predicted molar refractivity (Wildman–Crippen MR) is 147 cm³/mol. The third-order valence-corrected chi connectivity index (χ3v) is 6.94. The van der Waals surface area contributed by atoms with Gasteiger partial charge in [-0.25, -0.2) is 14.8 Å². The fraction of sp³-hybridized carbons (Fsp3) is 0.276. The Morgan fingerprint density at radius 1 is 0.947 bits per heavy atom. The van der Waals surface area contributed by atoms with Crippen molar-refractivity contribution in [2.24, 2.45) is 0 Å². The first-order valence-corrected chi connectivity index (χ1v) is 12.6. The van der Waals surface area contributed by atoms with Crippen LogP contribution in [0, 0.1) is 0 Å². The number of rotatable bonds is 6.